The van der Waals surface area contributed by atoms with Gasteiger partial charge < -0.3 is 10.1 Å². The maximum atomic E-state index is 11.6. The third-order valence-corrected chi connectivity index (χ3v) is 3.84. The molecule has 1 aromatic carbocycles. The van der Waals surface area contributed by atoms with E-state index in [0.29, 0.717) is 6.10 Å². The molecule has 0 radical (unpaired) electrons. The predicted molar refractivity (Wildman–Crippen MR) is 84.0 cm³/mol. The quantitative estimate of drug-likeness (QED) is 0.839. The lowest BCUT2D eigenvalue weighted by Gasteiger charge is -2.17. The number of nitrogens with one attached hydrogen (secondary N) is 1. The van der Waals surface area contributed by atoms with Gasteiger partial charge in [-0.05, 0) is 62.6 Å². The first-order chi connectivity index (χ1) is 10.2. The molecule has 0 aromatic heterocycles. The van der Waals surface area contributed by atoms with Crippen molar-refractivity contribution < 1.29 is 9.53 Å². The Kier molecular flexibility index (Phi) is 5.68. The van der Waals surface area contributed by atoms with E-state index in [1.165, 1.54) is 12.8 Å². The van der Waals surface area contributed by atoms with E-state index in [1.54, 1.807) is 6.92 Å². The van der Waals surface area contributed by atoms with E-state index in [4.69, 9.17) is 4.74 Å². The minimum Gasteiger partial charge on any atom is -0.490 e. The Labute approximate surface area is 127 Å². The van der Waals surface area contributed by atoms with Crippen molar-refractivity contribution >= 4 is 5.91 Å². The lowest BCUT2D eigenvalue weighted by Crippen LogP contribution is -2.26. The third-order valence-electron chi connectivity index (χ3n) is 3.84. The van der Waals surface area contributed by atoms with Crippen LogP contribution in [0, 0.1) is 11.8 Å². The van der Waals surface area contributed by atoms with Crippen LogP contribution in [0.5, 0.6) is 5.75 Å². The van der Waals surface area contributed by atoms with Gasteiger partial charge >= 0.3 is 0 Å². The number of rotatable bonds is 5. The average Bonchev–Trinajstić information content (AvgIpc) is 2.99. The minimum absolute atomic E-state index is 0.00104. The highest BCUT2D eigenvalue weighted by molar-refractivity contribution is 5.93. The summed E-state index contributed by atoms with van der Waals surface area (Å²) in [4.78, 5) is 11.6. The molecule has 1 unspecified atom stereocenters. The first-order valence-electron chi connectivity index (χ1n) is 7.72. The molecule has 0 bridgehead atoms. The van der Waals surface area contributed by atoms with Crippen molar-refractivity contribution in [2.24, 2.45) is 0 Å². The zero-order valence-electron chi connectivity index (χ0n) is 12.8. The van der Waals surface area contributed by atoms with Crippen molar-refractivity contribution in [2.45, 2.75) is 58.1 Å². The molecule has 1 saturated carbocycles. The lowest BCUT2D eigenvalue weighted by molar-refractivity contribution is -0.116. The van der Waals surface area contributed by atoms with Gasteiger partial charge in [-0.1, -0.05) is 25.0 Å². The summed E-state index contributed by atoms with van der Waals surface area (Å²) < 4.78 is 5.95. The Morgan fingerprint density at radius 3 is 2.57 bits per heavy atom. The van der Waals surface area contributed by atoms with Crippen LogP contribution in [0.3, 0.4) is 0 Å². The van der Waals surface area contributed by atoms with Gasteiger partial charge in [0.2, 0.25) is 0 Å². The van der Waals surface area contributed by atoms with Gasteiger partial charge in [0.05, 0.1) is 12.1 Å². The summed E-state index contributed by atoms with van der Waals surface area (Å²) in [6.45, 7) is 3.71. The van der Waals surface area contributed by atoms with E-state index in [2.05, 4.69) is 17.2 Å². The van der Waals surface area contributed by atoms with Crippen LogP contribution >= 0.6 is 0 Å². The fourth-order valence-electron chi connectivity index (χ4n) is 2.71. The summed E-state index contributed by atoms with van der Waals surface area (Å²) in [6, 6.07) is 8.04. The molecule has 1 atom stereocenters. The molecule has 1 aromatic rings. The highest BCUT2D eigenvalue weighted by Gasteiger charge is 2.17. The van der Waals surface area contributed by atoms with Gasteiger partial charge in [-0.15, -0.1) is 0 Å². The molecule has 1 aliphatic rings. The Balaban J connectivity index is 1.98. The maximum absolute atomic E-state index is 11.6. The molecular formula is C18H23NO2. The van der Waals surface area contributed by atoms with Crippen molar-refractivity contribution in [1.29, 1.82) is 0 Å². The average molecular weight is 285 g/mol. The number of amides is 1. The number of hydrogen-bond donors (Lipinski definition) is 1. The van der Waals surface area contributed by atoms with Gasteiger partial charge in [0.1, 0.15) is 5.75 Å². The smallest absolute Gasteiger partial charge is 0.296 e. The third kappa shape index (κ3) is 4.53. The second-order valence-electron chi connectivity index (χ2n) is 5.40. The molecule has 21 heavy (non-hydrogen) atoms. The van der Waals surface area contributed by atoms with Crippen LogP contribution in [-0.2, 0) is 4.79 Å². The summed E-state index contributed by atoms with van der Waals surface area (Å²) in [7, 11) is 0. The molecule has 0 heterocycles. The fourth-order valence-corrected chi connectivity index (χ4v) is 2.71. The van der Waals surface area contributed by atoms with Crippen LogP contribution < -0.4 is 10.1 Å². The molecule has 2 rings (SSSR count). The molecule has 0 spiro atoms. The normalized spacial score (nSPS) is 15.9. The Bertz CT molecular complexity index is 518. The second-order valence-corrected chi connectivity index (χ2v) is 5.40. The Morgan fingerprint density at radius 2 is 2.00 bits per heavy atom. The molecule has 1 aliphatic carbocycles. The summed E-state index contributed by atoms with van der Waals surface area (Å²) in [5.74, 6) is 5.82. The molecule has 1 N–H and O–H groups in total. The van der Waals surface area contributed by atoms with E-state index in [9.17, 15) is 4.79 Å². The predicted octanol–water partition coefficient (Wildman–Crippen LogP) is 3.60. The van der Waals surface area contributed by atoms with Gasteiger partial charge in [-0.25, -0.2) is 0 Å². The topological polar surface area (TPSA) is 38.3 Å². The number of benzene rings is 1. The van der Waals surface area contributed by atoms with E-state index in [1.807, 2.05) is 31.2 Å². The van der Waals surface area contributed by atoms with Crippen molar-refractivity contribution in [3.05, 3.63) is 29.8 Å². The summed E-state index contributed by atoms with van der Waals surface area (Å²) >= 11 is 0. The van der Waals surface area contributed by atoms with E-state index < -0.39 is 0 Å². The highest BCUT2D eigenvalue weighted by atomic mass is 16.5. The van der Waals surface area contributed by atoms with Gasteiger partial charge in [0, 0.05) is 0 Å². The second kappa shape index (κ2) is 7.73. The van der Waals surface area contributed by atoms with Crippen molar-refractivity contribution in [1.82, 2.24) is 5.32 Å². The number of carbonyl (C=O) groups excluding carboxylic acids is 1. The molecule has 1 fully saturated rings. The molecule has 3 nitrogen and oxygen atoms in total. The first-order valence-corrected chi connectivity index (χ1v) is 7.72. The van der Waals surface area contributed by atoms with Gasteiger partial charge in [0.15, 0.2) is 0 Å². The molecule has 0 saturated heterocycles. The lowest BCUT2D eigenvalue weighted by atomic mass is 10.0. The number of ether oxygens (including phenoxy) is 1. The van der Waals surface area contributed by atoms with E-state index in [0.717, 1.165) is 30.6 Å². The van der Waals surface area contributed by atoms with Crippen molar-refractivity contribution in [3.63, 3.8) is 0 Å². The molecule has 112 valence electrons. The highest BCUT2D eigenvalue weighted by Crippen LogP contribution is 2.25. The van der Waals surface area contributed by atoms with Gasteiger partial charge in [-0.3, -0.25) is 4.79 Å². The van der Waals surface area contributed by atoms with Crippen LogP contribution in [0.1, 0.15) is 57.6 Å². The summed E-state index contributed by atoms with van der Waals surface area (Å²) in [5.41, 5.74) is 1.09. The van der Waals surface area contributed by atoms with E-state index in [-0.39, 0.29) is 11.9 Å². The largest absolute Gasteiger partial charge is 0.490 e. The van der Waals surface area contributed by atoms with Gasteiger partial charge in [-0.2, -0.15) is 0 Å². The van der Waals surface area contributed by atoms with Crippen LogP contribution in [0.4, 0.5) is 0 Å². The monoisotopic (exact) mass is 285 g/mol. The minimum atomic E-state index is -0.226. The maximum Gasteiger partial charge on any atom is 0.296 e. The van der Waals surface area contributed by atoms with Crippen LogP contribution in [0.2, 0.25) is 0 Å². The molecule has 1 amide bonds. The summed E-state index contributed by atoms with van der Waals surface area (Å²) in [6.07, 6.45) is 6.06. The number of carbonyl (C=O) groups is 1. The van der Waals surface area contributed by atoms with Crippen LogP contribution in [-0.4, -0.2) is 12.0 Å². The van der Waals surface area contributed by atoms with E-state index >= 15 is 0 Å². The first kappa shape index (κ1) is 15.4. The van der Waals surface area contributed by atoms with Crippen molar-refractivity contribution in [3.8, 4) is 17.6 Å². The fraction of sp³-hybridized carbons (Fsp3) is 0.500. The number of hydrogen-bond acceptors (Lipinski definition) is 2. The standard InChI is InChI=1S/C18H23NO2/c1-3-7-18(20)19-17(4-2)14-10-12-16(13-11-14)21-15-8-5-6-9-15/h10-13,15,17H,4-6,8-9H2,1-2H3,(H,19,20). The van der Waals surface area contributed by atoms with Gasteiger partial charge in [0.25, 0.3) is 5.91 Å². The zero-order chi connectivity index (χ0) is 15.1. The van der Waals surface area contributed by atoms with Crippen LogP contribution in [0.25, 0.3) is 0 Å². The SMILES string of the molecule is CC#CC(=O)NC(CC)c1ccc(OC2CCCC2)cc1. The zero-order valence-corrected chi connectivity index (χ0v) is 12.8. The Morgan fingerprint density at radius 1 is 1.33 bits per heavy atom. The molecule has 0 aliphatic heterocycles. The molecule has 3 heteroatoms. The van der Waals surface area contributed by atoms with Crippen LogP contribution in [0.15, 0.2) is 24.3 Å². The summed E-state index contributed by atoms with van der Waals surface area (Å²) in [5, 5.41) is 2.92. The van der Waals surface area contributed by atoms with Crippen molar-refractivity contribution in [2.75, 3.05) is 0 Å². The molecular weight excluding hydrogens is 262 g/mol. The Hall–Kier alpha value is -1.95.